The molecular formula is C13H17NO3. The zero-order chi connectivity index (χ0) is 12.1. The van der Waals surface area contributed by atoms with Crippen molar-refractivity contribution in [3.63, 3.8) is 0 Å². The summed E-state index contributed by atoms with van der Waals surface area (Å²) in [5.41, 5.74) is 0.790. The summed E-state index contributed by atoms with van der Waals surface area (Å²) in [7, 11) is 0. The molecule has 4 heteroatoms. The lowest BCUT2D eigenvalue weighted by molar-refractivity contribution is -0.122. The predicted octanol–water partition coefficient (Wildman–Crippen LogP) is 1.80. The molecule has 0 aliphatic heterocycles. The molecule has 0 bridgehead atoms. The SMILES string of the molecule is O=C(Nc1ccc(OCCO)cc1)C1CCC1. The molecule has 2 rings (SSSR count). The van der Waals surface area contributed by atoms with Crippen LogP contribution in [0.1, 0.15) is 19.3 Å². The predicted molar refractivity (Wildman–Crippen MR) is 65.0 cm³/mol. The maximum Gasteiger partial charge on any atom is 0.227 e. The Kier molecular flexibility index (Phi) is 3.98. The quantitative estimate of drug-likeness (QED) is 0.818. The summed E-state index contributed by atoms with van der Waals surface area (Å²) in [4.78, 5) is 11.7. The third kappa shape index (κ3) is 3.20. The molecule has 0 saturated heterocycles. The number of aliphatic hydroxyl groups is 1. The van der Waals surface area contributed by atoms with Gasteiger partial charge in [-0.25, -0.2) is 0 Å². The fourth-order valence-electron chi connectivity index (χ4n) is 1.71. The van der Waals surface area contributed by atoms with Crippen LogP contribution in [-0.4, -0.2) is 24.2 Å². The van der Waals surface area contributed by atoms with E-state index in [0.29, 0.717) is 5.75 Å². The first-order chi connectivity index (χ1) is 8.29. The lowest BCUT2D eigenvalue weighted by Gasteiger charge is -2.24. The summed E-state index contributed by atoms with van der Waals surface area (Å²) in [5.74, 6) is 1.00. The molecule has 4 nitrogen and oxygen atoms in total. The molecule has 17 heavy (non-hydrogen) atoms. The molecule has 92 valence electrons. The molecule has 2 N–H and O–H groups in total. The highest BCUT2D eigenvalue weighted by Crippen LogP contribution is 2.27. The van der Waals surface area contributed by atoms with Crippen LogP contribution in [0, 0.1) is 5.92 Å². The number of ether oxygens (including phenoxy) is 1. The van der Waals surface area contributed by atoms with Crippen molar-refractivity contribution in [2.45, 2.75) is 19.3 Å². The van der Waals surface area contributed by atoms with Crippen LogP contribution in [0.5, 0.6) is 5.75 Å². The van der Waals surface area contributed by atoms with Crippen LogP contribution in [0.25, 0.3) is 0 Å². The van der Waals surface area contributed by atoms with Crippen molar-refractivity contribution in [2.75, 3.05) is 18.5 Å². The van der Waals surface area contributed by atoms with Gasteiger partial charge < -0.3 is 15.2 Å². The lowest BCUT2D eigenvalue weighted by Crippen LogP contribution is -2.27. The second-order valence-corrected chi connectivity index (χ2v) is 4.21. The summed E-state index contributed by atoms with van der Waals surface area (Å²) in [6, 6.07) is 7.19. The molecule has 0 radical (unpaired) electrons. The van der Waals surface area contributed by atoms with Crippen molar-refractivity contribution in [1.82, 2.24) is 0 Å². The maximum atomic E-state index is 11.7. The van der Waals surface area contributed by atoms with E-state index in [4.69, 9.17) is 9.84 Å². The molecule has 1 amide bonds. The lowest BCUT2D eigenvalue weighted by atomic mass is 9.85. The van der Waals surface area contributed by atoms with Crippen molar-refractivity contribution in [1.29, 1.82) is 0 Å². The van der Waals surface area contributed by atoms with Crippen LogP contribution in [0.15, 0.2) is 24.3 Å². The number of hydrogen-bond donors (Lipinski definition) is 2. The fourth-order valence-corrected chi connectivity index (χ4v) is 1.71. The highest BCUT2D eigenvalue weighted by molar-refractivity contribution is 5.93. The molecule has 0 atom stereocenters. The van der Waals surface area contributed by atoms with Crippen molar-refractivity contribution in [3.05, 3.63) is 24.3 Å². The number of hydrogen-bond acceptors (Lipinski definition) is 3. The van der Waals surface area contributed by atoms with Crippen LogP contribution in [0.2, 0.25) is 0 Å². The van der Waals surface area contributed by atoms with E-state index in [1.165, 1.54) is 0 Å². The van der Waals surface area contributed by atoms with E-state index in [-0.39, 0.29) is 25.0 Å². The Hall–Kier alpha value is -1.55. The van der Waals surface area contributed by atoms with Gasteiger partial charge in [0, 0.05) is 11.6 Å². The number of nitrogens with one attached hydrogen (secondary N) is 1. The number of benzene rings is 1. The minimum atomic E-state index is 0.000166. The molecular weight excluding hydrogens is 218 g/mol. The first-order valence-electron chi connectivity index (χ1n) is 5.94. The van der Waals surface area contributed by atoms with Gasteiger partial charge in [-0.2, -0.15) is 0 Å². The van der Waals surface area contributed by atoms with Gasteiger partial charge in [0.15, 0.2) is 0 Å². The van der Waals surface area contributed by atoms with Gasteiger partial charge in [-0.05, 0) is 37.1 Å². The highest BCUT2D eigenvalue weighted by atomic mass is 16.5. The molecule has 1 aromatic carbocycles. The molecule has 1 aliphatic carbocycles. The summed E-state index contributed by atoms with van der Waals surface area (Å²) < 4.78 is 5.23. The second-order valence-electron chi connectivity index (χ2n) is 4.21. The number of carbonyl (C=O) groups excluding carboxylic acids is 1. The first-order valence-corrected chi connectivity index (χ1v) is 5.94. The monoisotopic (exact) mass is 235 g/mol. The number of amides is 1. The average molecular weight is 235 g/mol. The topological polar surface area (TPSA) is 58.6 Å². The summed E-state index contributed by atoms with van der Waals surface area (Å²) >= 11 is 0. The largest absolute Gasteiger partial charge is 0.491 e. The fraction of sp³-hybridized carbons (Fsp3) is 0.462. The van der Waals surface area contributed by atoms with Crippen LogP contribution >= 0.6 is 0 Å². The van der Waals surface area contributed by atoms with Gasteiger partial charge in [0.1, 0.15) is 12.4 Å². The zero-order valence-electron chi connectivity index (χ0n) is 9.69. The van der Waals surface area contributed by atoms with E-state index in [1.54, 1.807) is 12.1 Å². The van der Waals surface area contributed by atoms with Gasteiger partial charge in [0.2, 0.25) is 5.91 Å². The molecule has 0 aromatic heterocycles. The average Bonchev–Trinajstić information content (AvgIpc) is 2.26. The molecule has 0 heterocycles. The minimum absolute atomic E-state index is 0.000166. The summed E-state index contributed by atoms with van der Waals surface area (Å²) in [6.45, 7) is 0.286. The molecule has 1 fully saturated rings. The second kappa shape index (κ2) is 5.68. The van der Waals surface area contributed by atoms with Gasteiger partial charge in [-0.1, -0.05) is 6.42 Å². The third-order valence-corrected chi connectivity index (χ3v) is 2.96. The van der Waals surface area contributed by atoms with Gasteiger partial charge in [0.05, 0.1) is 6.61 Å². The number of carbonyl (C=O) groups is 1. The van der Waals surface area contributed by atoms with E-state index in [0.717, 1.165) is 24.9 Å². The summed E-state index contributed by atoms with van der Waals surface area (Å²) in [6.07, 6.45) is 3.17. The van der Waals surface area contributed by atoms with Crippen LogP contribution in [-0.2, 0) is 4.79 Å². The van der Waals surface area contributed by atoms with Crippen molar-refractivity contribution >= 4 is 11.6 Å². The number of anilines is 1. The highest BCUT2D eigenvalue weighted by Gasteiger charge is 2.24. The van der Waals surface area contributed by atoms with E-state index < -0.39 is 0 Å². The third-order valence-electron chi connectivity index (χ3n) is 2.96. The molecule has 0 unspecified atom stereocenters. The van der Waals surface area contributed by atoms with Gasteiger partial charge in [0.25, 0.3) is 0 Å². The Morgan fingerprint density at radius 2 is 2.06 bits per heavy atom. The first kappa shape index (κ1) is 11.9. The standard InChI is InChI=1S/C13H17NO3/c15-8-9-17-12-6-4-11(5-7-12)14-13(16)10-2-1-3-10/h4-7,10,15H,1-3,8-9H2,(H,14,16). The molecule has 1 aromatic rings. The molecule has 1 aliphatic rings. The van der Waals surface area contributed by atoms with Crippen molar-refractivity contribution < 1.29 is 14.6 Å². The van der Waals surface area contributed by atoms with Crippen LogP contribution < -0.4 is 10.1 Å². The Morgan fingerprint density at radius 3 is 2.59 bits per heavy atom. The number of aliphatic hydroxyl groups excluding tert-OH is 1. The van der Waals surface area contributed by atoms with Gasteiger partial charge >= 0.3 is 0 Å². The van der Waals surface area contributed by atoms with Crippen molar-refractivity contribution in [3.8, 4) is 5.75 Å². The number of rotatable bonds is 5. The van der Waals surface area contributed by atoms with Gasteiger partial charge in [-0.3, -0.25) is 4.79 Å². The minimum Gasteiger partial charge on any atom is -0.491 e. The Morgan fingerprint density at radius 1 is 1.35 bits per heavy atom. The van der Waals surface area contributed by atoms with Crippen LogP contribution in [0.3, 0.4) is 0 Å². The van der Waals surface area contributed by atoms with Crippen molar-refractivity contribution in [2.24, 2.45) is 5.92 Å². The smallest absolute Gasteiger partial charge is 0.227 e. The van der Waals surface area contributed by atoms with E-state index in [1.807, 2.05) is 12.1 Å². The Labute approximate surface area is 101 Å². The zero-order valence-corrected chi connectivity index (χ0v) is 9.69. The van der Waals surface area contributed by atoms with E-state index >= 15 is 0 Å². The van der Waals surface area contributed by atoms with Crippen LogP contribution in [0.4, 0.5) is 5.69 Å². The molecule has 0 spiro atoms. The summed E-state index contributed by atoms with van der Waals surface area (Å²) in [5, 5.41) is 11.5. The molecule has 1 saturated carbocycles. The van der Waals surface area contributed by atoms with Gasteiger partial charge in [-0.15, -0.1) is 0 Å². The Balaban J connectivity index is 1.86. The normalized spacial score (nSPS) is 15.1. The Bertz CT molecular complexity index is 371. The van der Waals surface area contributed by atoms with E-state index in [9.17, 15) is 4.79 Å². The van der Waals surface area contributed by atoms with E-state index in [2.05, 4.69) is 5.32 Å². The maximum absolute atomic E-state index is 11.7.